The quantitative estimate of drug-likeness (QED) is 0.570. The molecule has 22 heavy (non-hydrogen) atoms. The summed E-state index contributed by atoms with van der Waals surface area (Å²) in [4.78, 5) is 12.9. The number of hydrogen-bond donors (Lipinski definition) is 2. The summed E-state index contributed by atoms with van der Waals surface area (Å²) in [6, 6.07) is 12.0. The first-order valence-corrected chi connectivity index (χ1v) is 7.79. The molecular formula is C14H11N3O4S. The number of benzene rings is 2. The Morgan fingerprint density at radius 1 is 1.09 bits per heavy atom. The number of aromatic nitrogens is 1. The lowest BCUT2D eigenvalue weighted by atomic mass is 10.2. The third-order valence-electron chi connectivity index (χ3n) is 3.16. The second-order valence-corrected chi connectivity index (χ2v) is 6.26. The molecule has 0 atom stereocenters. The van der Waals surface area contributed by atoms with Gasteiger partial charge in [-0.05, 0) is 30.3 Å². The van der Waals surface area contributed by atoms with Gasteiger partial charge in [0.05, 0.1) is 4.92 Å². The van der Waals surface area contributed by atoms with E-state index in [1.54, 1.807) is 30.5 Å². The van der Waals surface area contributed by atoms with Gasteiger partial charge in [0.1, 0.15) is 0 Å². The lowest BCUT2D eigenvalue weighted by Gasteiger charge is -2.08. The number of nitrogens with zero attached hydrogens (tertiary/aromatic N) is 1. The highest BCUT2D eigenvalue weighted by molar-refractivity contribution is 7.92. The molecule has 3 rings (SSSR count). The van der Waals surface area contributed by atoms with Gasteiger partial charge in [0, 0.05) is 28.9 Å². The van der Waals surface area contributed by atoms with Crippen molar-refractivity contribution in [2.24, 2.45) is 0 Å². The van der Waals surface area contributed by atoms with Gasteiger partial charge >= 0.3 is 0 Å². The predicted molar refractivity (Wildman–Crippen MR) is 82.2 cm³/mol. The van der Waals surface area contributed by atoms with E-state index < -0.39 is 20.6 Å². The largest absolute Gasteiger partial charge is 0.361 e. The summed E-state index contributed by atoms with van der Waals surface area (Å²) in [5.74, 6) is 0. The highest BCUT2D eigenvalue weighted by atomic mass is 32.2. The summed E-state index contributed by atoms with van der Waals surface area (Å²) in [5.41, 5.74) is 0.747. The maximum Gasteiger partial charge on any atom is 0.289 e. The van der Waals surface area contributed by atoms with Gasteiger partial charge in [0.25, 0.3) is 15.7 Å². The SMILES string of the molecule is O=[N+]([O-])c1ccccc1S(=O)(=O)Nc1ccc2[nH]ccc2c1. The average molecular weight is 317 g/mol. The predicted octanol–water partition coefficient (Wildman–Crippen LogP) is 2.88. The van der Waals surface area contributed by atoms with Crippen LogP contribution in [0.25, 0.3) is 10.9 Å². The van der Waals surface area contributed by atoms with Crippen molar-refractivity contribution in [2.75, 3.05) is 4.72 Å². The molecule has 3 aromatic rings. The molecule has 0 amide bonds. The molecule has 7 nitrogen and oxygen atoms in total. The molecule has 1 aromatic heterocycles. The highest BCUT2D eigenvalue weighted by Gasteiger charge is 2.25. The normalized spacial score (nSPS) is 11.5. The molecule has 2 N–H and O–H groups in total. The summed E-state index contributed by atoms with van der Waals surface area (Å²) in [7, 11) is -4.04. The fourth-order valence-electron chi connectivity index (χ4n) is 2.16. The number of aromatic amines is 1. The molecule has 0 spiro atoms. The summed E-state index contributed by atoms with van der Waals surface area (Å²) in [6.45, 7) is 0. The van der Waals surface area contributed by atoms with Crippen LogP contribution in [0.15, 0.2) is 59.6 Å². The van der Waals surface area contributed by atoms with E-state index in [0.717, 1.165) is 17.0 Å². The van der Waals surface area contributed by atoms with Crippen LogP contribution in [0.1, 0.15) is 0 Å². The van der Waals surface area contributed by atoms with Gasteiger partial charge in [-0.1, -0.05) is 12.1 Å². The molecular weight excluding hydrogens is 306 g/mol. The van der Waals surface area contributed by atoms with Crippen molar-refractivity contribution in [3.63, 3.8) is 0 Å². The number of nitrogens with one attached hydrogen (secondary N) is 2. The fraction of sp³-hybridized carbons (Fsp3) is 0. The molecule has 0 aliphatic rings. The summed E-state index contributed by atoms with van der Waals surface area (Å²) < 4.78 is 27.1. The van der Waals surface area contributed by atoms with Crippen molar-refractivity contribution in [2.45, 2.75) is 4.90 Å². The Labute approximate surface area is 125 Å². The summed E-state index contributed by atoms with van der Waals surface area (Å²) in [5, 5.41) is 11.8. The van der Waals surface area contributed by atoms with Gasteiger partial charge in [-0.15, -0.1) is 0 Å². The maximum atomic E-state index is 12.4. The number of nitro benzene ring substituents is 1. The van der Waals surface area contributed by atoms with Crippen molar-refractivity contribution in [1.82, 2.24) is 4.98 Å². The highest BCUT2D eigenvalue weighted by Crippen LogP contribution is 2.26. The second kappa shape index (κ2) is 5.15. The van der Waals surface area contributed by atoms with Crippen molar-refractivity contribution >= 4 is 32.3 Å². The minimum absolute atomic E-state index is 0.338. The van der Waals surface area contributed by atoms with Gasteiger partial charge in [0.2, 0.25) is 0 Å². The monoisotopic (exact) mass is 317 g/mol. The molecule has 1 heterocycles. The number of para-hydroxylation sites is 1. The second-order valence-electron chi connectivity index (χ2n) is 4.61. The van der Waals surface area contributed by atoms with Crippen LogP contribution in [-0.4, -0.2) is 18.3 Å². The van der Waals surface area contributed by atoms with E-state index in [0.29, 0.717) is 5.69 Å². The first kappa shape index (κ1) is 14.1. The van der Waals surface area contributed by atoms with E-state index in [1.807, 2.05) is 0 Å². The Morgan fingerprint density at radius 2 is 1.86 bits per heavy atom. The zero-order valence-corrected chi connectivity index (χ0v) is 12.0. The van der Waals surface area contributed by atoms with Crippen molar-refractivity contribution in [3.05, 3.63) is 64.8 Å². The van der Waals surface area contributed by atoms with Crippen LogP contribution in [0, 0.1) is 10.1 Å². The Hall–Kier alpha value is -2.87. The Morgan fingerprint density at radius 3 is 2.64 bits per heavy atom. The van der Waals surface area contributed by atoms with Crippen molar-refractivity contribution in [3.8, 4) is 0 Å². The van der Waals surface area contributed by atoms with Crippen LogP contribution in [0.2, 0.25) is 0 Å². The fourth-order valence-corrected chi connectivity index (χ4v) is 3.38. The van der Waals surface area contributed by atoms with E-state index in [9.17, 15) is 18.5 Å². The van der Waals surface area contributed by atoms with E-state index in [1.165, 1.54) is 18.2 Å². The molecule has 0 fully saturated rings. The molecule has 0 unspecified atom stereocenters. The topological polar surface area (TPSA) is 105 Å². The molecule has 0 saturated carbocycles. The van der Waals surface area contributed by atoms with Gasteiger partial charge in [0.15, 0.2) is 4.90 Å². The Kier molecular flexibility index (Phi) is 3.30. The van der Waals surface area contributed by atoms with E-state index in [2.05, 4.69) is 9.71 Å². The Bertz CT molecular complexity index is 963. The number of hydrogen-bond acceptors (Lipinski definition) is 4. The molecule has 0 aliphatic carbocycles. The number of sulfonamides is 1. The molecule has 0 saturated heterocycles. The third-order valence-corrected chi connectivity index (χ3v) is 4.59. The maximum absolute atomic E-state index is 12.4. The lowest BCUT2D eigenvalue weighted by molar-refractivity contribution is -0.387. The first-order valence-electron chi connectivity index (χ1n) is 6.31. The number of rotatable bonds is 4. The number of anilines is 1. The number of fused-ring (bicyclic) bond motifs is 1. The molecule has 8 heteroatoms. The molecule has 0 bridgehead atoms. The van der Waals surface area contributed by atoms with Crippen LogP contribution in [0.3, 0.4) is 0 Å². The van der Waals surface area contributed by atoms with Crippen molar-refractivity contribution in [1.29, 1.82) is 0 Å². The minimum atomic E-state index is -4.04. The van der Waals surface area contributed by atoms with Gasteiger partial charge in [-0.3, -0.25) is 14.8 Å². The lowest BCUT2D eigenvalue weighted by Crippen LogP contribution is -2.14. The van der Waals surface area contributed by atoms with Gasteiger partial charge in [-0.2, -0.15) is 0 Å². The van der Waals surface area contributed by atoms with E-state index in [4.69, 9.17) is 0 Å². The molecule has 112 valence electrons. The smallest absolute Gasteiger partial charge is 0.289 e. The average Bonchev–Trinajstić information content (AvgIpc) is 2.94. The summed E-state index contributed by atoms with van der Waals surface area (Å²) >= 11 is 0. The molecule has 0 radical (unpaired) electrons. The van der Waals surface area contributed by atoms with Crippen LogP contribution < -0.4 is 4.72 Å². The Balaban J connectivity index is 2.01. The van der Waals surface area contributed by atoms with Crippen LogP contribution >= 0.6 is 0 Å². The zero-order valence-electron chi connectivity index (χ0n) is 11.2. The first-order chi connectivity index (χ1) is 10.5. The van der Waals surface area contributed by atoms with E-state index in [-0.39, 0.29) is 4.90 Å². The van der Waals surface area contributed by atoms with Crippen molar-refractivity contribution < 1.29 is 13.3 Å². The van der Waals surface area contributed by atoms with Gasteiger partial charge in [-0.25, -0.2) is 8.42 Å². The van der Waals surface area contributed by atoms with Crippen LogP contribution in [0.5, 0.6) is 0 Å². The number of nitro groups is 1. The standard InChI is InChI=1S/C14H11N3O4S/c18-17(19)13-3-1-2-4-14(13)22(20,21)16-11-5-6-12-10(9-11)7-8-15-12/h1-9,15-16H. The summed E-state index contributed by atoms with van der Waals surface area (Å²) in [6.07, 6.45) is 1.74. The minimum Gasteiger partial charge on any atom is -0.361 e. The zero-order chi connectivity index (χ0) is 15.7. The molecule has 2 aromatic carbocycles. The third kappa shape index (κ3) is 2.51. The number of H-pyrrole nitrogens is 1. The van der Waals surface area contributed by atoms with Gasteiger partial charge < -0.3 is 4.98 Å². The molecule has 0 aliphatic heterocycles. The van der Waals surface area contributed by atoms with Crippen LogP contribution in [0.4, 0.5) is 11.4 Å². The van der Waals surface area contributed by atoms with Crippen LogP contribution in [-0.2, 0) is 10.0 Å². The van der Waals surface area contributed by atoms with E-state index >= 15 is 0 Å².